The van der Waals surface area contributed by atoms with E-state index >= 15 is 0 Å². The average Bonchev–Trinajstić information content (AvgIpc) is 3.00. The van der Waals surface area contributed by atoms with Crippen molar-refractivity contribution in [3.8, 4) is 0 Å². The Labute approximate surface area is 151 Å². The third kappa shape index (κ3) is 2.42. The van der Waals surface area contributed by atoms with Gasteiger partial charge in [0, 0.05) is 10.0 Å². The Morgan fingerprint density at radius 2 is 1.96 bits per heavy atom. The van der Waals surface area contributed by atoms with E-state index in [0.29, 0.717) is 19.5 Å². The zero-order valence-electron chi connectivity index (χ0n) is 12.9. The van der Waals surface area contributed by atoms with Crippen molar-refractivity contribution >= 4 is 56.6 Å². The van der Waals surface area contributed by atoms with Crippen molar-refractivity contribution in [1.82, 2.24) is 9.38 Å². The lowest BCUT2D eigenvalue weighted by Gasteiger charge is -1.98. The molecule has 2 aromatic carbocycles. The molecule has 0 spiro atoms. The Kier molecular flexibility index (Phi) is 3.64. The Hall–Kier alpha value is -1.88. The summed E-state index contributed by atoms with van der Waals surface area (Å²) in [5.74, 6) is 0. The molecular formula is C18H12Cl2N2OS. The van der Waals surface area contributed by atoms with E-state index in [1.54, 1.807) is 28.7 Å². The fourth-order valence-corrected chi connectivity index (χ4v) is 4.30. The molecule has 4 aromatic rings. The maximum Gasteiger partial charge on any atom is 0.274 e. The largest absolute Gasteiger partial charge is 0.274 e. The SMILES string of the molecule is Cc1cc(C)c2nc3s/c(=C/c4ccc(Cl)cc4Cl)c(=O)n3c2c1. The molecule has 2 heterocycles. The number of nitrogens with zero attached hydrogens (tertiary/aromatic N) is 2. The summed E-state index contributed by atoms with van der Waals surface area (Å²) in [6.07, 6.45) is 1.79. The maximum absolute atomic E-state index is 12.8. The molecule has 0 amide bonds. The van der Waals surface area contributed by atoms with Gasteiger partial charge < -0.3 is 0 Å². The lowest BCUT2D eigenvalue weighted by atomic mass is 10.1. The van der Waals surface area contributed by atoms with Crippen molar-refractivity contribution in [3.05, 3.63) is 72.0 Å². The molecule has 0 N–H and O–H groups in total. The predicted molar refractivity (Wildman–Crippen MR) is 102 cm³/mol. The third-order valence-corrected chi connectivity index (χ3v) is 5.46. The molecule has 0 aliphatic rings. The highest BCUT2D eigenvalue weighted by Crippen LogP contribution is 2.23. The number of rotatable bonds is 1. The second kappa shape index (κ2) is 5.59. The van der Waals surface area contributed by atoms with Gasteiger partial charge in [-0.25, -0.2) is 9.38 Å². The first-order valence-electron chi connectivity index (χ1n) is 7.33. The molecule has 0 aliphatic carbocycles. The van der Waals surface area contributed by atoms with Crippen molar-refractivity contribution in [3.63, 3.8) is 0 Å². The van der Waals surface area contributed by atoms with Gasteiger partial charge in [0.25, 0.3) is 5.56 Å². The van der Waals surface area contributed by atoms with Crippen molar-refractivity contribution < 1.29 is 0 Å². The minimum absolute atomic E-state index is 0.0754. The lowest BCUT2D eigenvalue weighted by molar-refractivity contribution is 1.18. The Morgan fingerprint density at radius 3 is 2.71 bits per heavy atom. The summed E-state index contributed by atoms with van der Waals surface area (Å²) in [5.41, 5.74) is 4.60. The van der Waals surface area contributed by atoms with Gasteiger partial charge in [0.05, 0.1) is 15.6 Å². The highest BCUT2D eigenvalue weighted by Gasteiger charge is 2.13. The Morgan fingerprint density at radius 1 is 1.17 bits per heavy atom. The number of benzene rings is 2. The minimum atomic E-state index is -0.0754. The number of aryl methyl sites for hydroxylation is 2. The van der Waals surface area contributed by atoms with Crippen LogP contribution in [0, 0.1) is 13.8 Å². The highest BCUT2D eigenvalue weighted by molar-refractivity contribution is 7.15. The molecule has 0 fully saturated rings. The summed E-state index contributed by atoms with van der Waals surface area (Å²) in [5, 5.41) is 1.09. The molecule has 0 radical (unpaired) electrons. The van der Waals surface area contributed by atoms with Gasteiger partial charge in [0.1, 0.15) is 0 Å². The Balaban J connectivity index is 2.03. The molecular weight excluding hydrogens is 363 g/mol. The summed E-state index contributed by atoms with van der Waals surface area (Å²) in [6, 6.07) is 9.30. The van der Waals surface area contributed by atoms with Gasteiger partial charge >= 0.3 is 0 Å². The molecule has 24 heavy (non-hydrogen) atoms. The molecule has 2 aromatic heterocycles. The van der Waals surface area contributed by atoms with Crippen LogP contribution in [-0.4, -0.2) is 9.38 Å². The molecule has 4 rings (SSSR count). The number of imidazole rings is 1. The van der Waals surface area contributed by atoms with E-state index < -0.39 is 0 Å². The van der Waals surface area contributed by atoms with Crippen molar-refractivity contribution in [1.29, 1.82) is 0 Å². The molecule has 0 bridgehead atoms. The van der Waals surface area contributed by atoms with Crippen molar-refractivity contribution in [2.24, 2.45) is 0 Å². The predicted octanol–water partition coefficient (Wildman–Crippen LogP) is 4.38. The summed E-state index contributed by atoms with van der Waals surface area (Å²) >= 11 is 13.5. The van der Waals surface area contributed by atoms with E-state index in [0.717, 1.165) is 27.7 Å². The van der Waals surface area contributed by atoms with E-state index in [1.165, 1.54) is 11.3 Å². The van der Waals surface area contributed by atoms with Crippen LogP contribution in [-0.2, 0) is 0 Å². The zero-order chi connectivity index (χ0) is 17.0. The van der Waals surface area contributed by atoms with Crippen LogP contribution in [0.1, 0.15) is 16.7 Å². The second-order valence-electron chi connectivity index (χ2n) is 5.76. The fraction of sp³-hybridized carbons (Fsp3) is 0.111. The molecule has 0 aliphatic heterocycles. The van der Waals surface area contributed by atoms with E-state index in [9.17, 15) is 4.79 Å². The van der Waals surface area contributed by atoms with Crippen molar-refractivity contribution in [2.75, 3.05) is 0 Å². The van der Waals surface area contributed by atoms with Crippen LogP contribution in [0.15, 0.2) is 35.1 Å². The average molecular weight is 375 g/mol. The smallest absolute Gasteiger partial charge is 0.267 e. The number of halogens is 2. The highest BCUT2D eigenvalue weighted by atomic mass is 35.5. The van der Waals surface area contributed by atoms with E-state index in [-0.39, 0.29) is 5.56 Å². The minimum Gasteiger partial charge on any atom is -0.267 e. The van der Waals surface area contributed by atoms with E-state index in [1.807, 2.05) is 19.9 Å². The van der Waals surface area contributed by atoms with Crippen molar-refractivity contribution in [2.45, 2.75) is 13.8 Å². The van der Waals surface area contributed by atoms with Crippen LogP contribution < -0.4 is 10.1 Å². The first-order chi connectivity index (χ1) is 11.4. The van der Waals surface area contributed by atoms with Gasteiger partial charge in [-0.1, -0.05) is 46.7 Å². The van der Waals surface area contributed by atoms with Gasteiger partial charge in [0.15, 0.2) is 4.96 Å². The second-order valence-corrected chi connectivity index (χ2v) is 7.61. The van der Waals surface area contributed by atoms with Gasteiger partial charge in [-0.15, -0.1) is 0 Å². The monoisotopic (exact) mass is 374 g/mol. The standard InChI is InChI=1S/C18H12Cl2N2OS/c1-9-5-10(2)16-14(6-9)22-17(23)15(24-18(22)21-16)7-11-3-4-12(19)8-13(11)20/h3-8H,1-2H3/b15-7+. The number of fused-ring (bicyclic) bond motifs is 3. The summed E-state index contributed by atoms with van der Waals surface area (Å²) in [6.45, 7) is 4.03. The lowest BCUT2D eigenvalue weighted by Crippen LogP contribution is -2.22. The molecule has 3 nitrogen and oxygen atoms in total. The molecule has 6 heteroatoms. The third-order valence-electron chi connectivity index (χ3n) is 3.93. The molecule has 0 saturated carbocycles. The quantitative estimate of drug-likeness (QED) is 0.495. The van der Waals surface area contributed by atoms with Gasteiger partial charge in [-0.2, -0.15) is 0 Å². The number of hydrogen-bond donors (Lipinski definition) is 0. The summed E-state index contributed by atoms with van der Waals surface area (Å²) in [4.78, 5) is 18.2. The topological polar surface area (TPSA) is 34.4 Å². The zero-order valence-corrected chi connectivity index (χ0v) is 15.3. The van der Waals surface area contributed by atoms with E-state index in [4.69, 9.17) is 23.2 Å². The van der Waals surface area contributed by atoms with Crippen LogP contribution in [0.4, 0.5) is 0 Å². The van der Waals surface area contributed by atoms with Crippen LogP contribution in [0.5, 0.6) is 0 Å². The number of thiazole rings is 1. The summed E-state index contributed by atoms with van der Waals surface area (Å²) in [7, 11) is 0. The Bertz CT molecular complexity index is 1220. The molecule has 120 valence electrons. The van der Waals surface area contributed by atoms with Crippen LogP contribution in [0.25, 0.3) is 22.1 Å². The van der Waals surface area contributed by atoms with Gasteiger partial charge in [-0.05, 0) is 54.8 Å². The first-order valence-corrected chi connectivity index (χ1v) is 8.90. The van der Waals surface area contributed by atoms with Crippen LogP contribution >= 0.6 is 34.5 Å². The maximum atomic E-state index is 12.8. The molecule has 0 unspecified atom stereocenters. The van der Waals surface area contributed by atoms with Gasteiger partial charge in [-0.3, -0.25) is 4.79 Å². The fourth-order valence-electron chi connectivity index (χ4n) is 2.87. The number of hydrogen-bond acceptors (Lipinski definition) is 3. The van der Waals surface area contributed by atoms with Gasteiger partial charge in [0.2, 0.25) is 0 Å². The van der Waals surface area contributed by atoms with E-state index in [2.05, 4.69) is 11.1 Å². The summed E-state index contributed by atoms with van der Waals surface area (Å²) < 4.78 is 2.28. The first kappa shape index (κ1) is 15.6. The molecule has 0 saturated heterocycles. The normalized spacial score (nSPS) is 12.6. The van der Waals surface area contributed by atoms with Crippen LogP contribution in [0.2, 0.25) is 10.0 Å². The van der Waals surface area contributed by atoms with Crippen LogP contribution in [0.3, 0.4) is 0 Å². The number of aromatic nitrogens is 2. The molecule has 0 atom stereocenters.